The van der Waals surface area contributed by atoms with Crippen molar-refractivity contribution in [1.29, 1.82) is 0 Å². The fourth-order valence-corrected chi connectivity index (χ4v) is 1.68. The molecule has 5 heteroatoms. The first kappa shape index (κ1) is 10.1. The highest BCUT2D eigenvalue weighted by molar-refractivity contribution is 5.59. The van der Waals surface area contributed by atoms with Gasteiger partial charge in [-0.3, -0.25) is 0 Å². The van der Waals surface area contributed by atoms with E-state index in [0.717, 1.165) is 17.8 Å². The first-order chi connectivity index (χ1) is 6.96. The minimum absolute atomic E-state index is 0.156. The quantitative estimate of drug-likeness (QED) is 0.780. The fraction of sp³-hybridized carbons (Fsp3) is 0.400. The molecule has 0 fully saturated rings. The summed E-state index contributed by atoms with van der Waals surface area (Å²) in [4.78, 5) is 0. The number of hydrogen-bond acceptors (Lipinski definition) is 2. The summed E-state index contributed by atoms with van der Waals surface area (Å²) in [6.07, 6.45) is -4.62. The summed E-state index contributed by atoms with van der Waals surface area (Å²) in [6.45, 7) is 2.71. The van der Waals surface area contributed by atoms with Crippen LogP contribution < -0.4 is 10.1 Å². The zero-order valence-electron chi connectivity index (χ0n) is 8.06. The summed E-state index contributed by atoms with van der Waals surface area (Å²) < 4.78 is 39.7. The molecule has 1 aromatic rings. The smallest absolute Gasteiger partial charge is 0.406 e. The number of alkyl halides is 3. The van der Waals surface area contributed by atoms with Crippen LogP contribution in [0, 0.1) is 0 Å². The third kappa shape index (κ3) is 2.16. The van der Waals surface area contributed by atoms with E-state index in [-0.39, 0.29) is 11.7 Å². The van der Waals surface area contributed by atoms with Crippen LogP contribution in [0.5, 0.6) is 5.75 Å². The van der Waals surface area contributed by atoms with Crippen LogP contribution in [0.2, 0.25) is 0 Å². The molecular formula is C10H10F3NO. The number of ether oxygens (including phenoxy) is 1. The Morgan fingerprint density at radius 3 is 2.80 bits per heavy atom. The van der Waals surface area contributed by atoms with E-state index in [1.165, 1.54) is 12.1 Å². The number of fused-ring (bicyclic) bond motifs is 1. The molecule has 1 unspecified atom stereocenters. The molecule has 1 aliphatic heterocycles. The number of benzene rings is 1. The van der Waals surface area contributed by atoms with Gasteiger partial charge in [0, 0.05) is 18.2 Å². The number of halogens is 3. The van der Waals surface area contributed by atoms with Crippen molar-refractivity contribution >= 4 is 5.69 Å². The number of anilines is 1. The Hall–Kier alpha value is -1.39. The highest BCUT2D eigenvalue weighted by atomic mass is 19.4. The van der Waals surface area contributed by atoms with Gasteiger partial charge in [0.25, 0.3) is 0 Å². The van der Waals surface area contributed by atoms with Crippen molar-refractivity contribution in [3.63, 3.8) is 0 Å². The molecule has 0 amide bonds. The first-order valence-electron chi connectivity index (χ1n) is 4.59. The van der Waals surface area contributed by atoms with Crippen molar-refractivity contribution in [1.82, 2.24) is 0 Å². The SMILES string of the molecule is CC1CNc2ccc(OC(F)(F)F)cc21. The van der Waals surface area contributed by atoms with Crippen LogP contribution >= 0.6 is 0 Å². The van der Waals surface area contributed by atoms with Crippen LogP contribution in [0.3, 0.4) is 0 Å². The van der Waals surface area contributed by atoms with Gasteiger partial charge in [0.1, 0.15) is 5.75 Å². The molecule has 0 aliphatic carbocycles. The zero-order valence-corrected chi connectivity index (χ0v) is 8.06. The molecule has 0 aromatic heterocycles. The predicted molar refractivity (Wildman–Crippen MR) is 50.0 cm³/mol. The molecule has 0 saturated carbocycles. The fourth-order valence-electron chi connectivity index (χ4n) is 1.68. The second-order valence-corrected chi connectivity index (χ2v) is 3.58. The van der Waals surface area contributed by atoms with Gasteiger partial charge in [-0.05, 0) is 23.8 Å². The first-order valence-corrected chi connectivity index (χ1v) is 4.59. The van der Waals surface area contributed by atoms with E-state index in [1.807, 2.05) is 6.92 Å². The second-order valence-electron chi connectivity index (χ2n) is 3.58. The van der Waals surface area contributed by atoms with E-state index >= 15 is 0 Å². The monoisotopic (exact) mass is 217 g/mol. The molecular weight excluding hydrogens is 207 g/mol. The van der Waals surface area contributed by atoms with Gasteiger partial charge in [-0.2, -0.15) is 0 Å². The maximum Gasteiger partial charge on any atom is 0.573 e. The Morgan fingerprint density at radius 1 is 1.40 bits per heavy atom. The Labute approximate surface area is 85.0 Å². The van der Waals surface area contributed by atoms with E-state index in [1.54, 1.807) is 6.07 Å². The van der Waals surface area contributed by atoms with Gasteiger partial charge >= 0.3 is 6.36 Å². The van der Waals surface area contributed by atoms with Crippen LogP contribution in [0.4, 0.5) is 18.9 Å². The molecule has 0 spiro atoms. The predicted octanol–water partition coefficient (Wildman–Crippen LogP) is 3.11. The normalized spacial score (nSPS) is 19.6. The van der Waals surface area contributed by atoms with Crippen LogP contribution in [0.15, 0.2) is 18.2 Å². The van der Waals surface area contributed by atoms with Gasteiger partial charge in [-0.1, -0.05) is 6.92 Å². The van der Waals surface area contributed by atoms with Crippen LogP contribution in [-0.4, -0.2) is 12.9 Å². The van der Waals surface area contributed by atoms with Crippen molar-refractivity contribution in [2.75, 3.05) is 11.9 Å². The second kappa shape index (κ2) is 3.32. The number of hydrogen-bond donors (Lipinski definition) is 1. The Kier molecular flexibility index (Phi) is 2.25. The minimum atomic E-state index is -4.62. The van der Waals surface area contributed by atoms with Crippen molar-refractivity contribution in [3.05, 3.63) is 23.8 Å². The number of rotatable bonds is 1. The molecule has 0 bridgehead atoms. The molecule has 0 radical (unpaired) electrons. The topological polar surface area (TPSA) is 21.3 Å². The summed E-state index contributed by atoms with van der Waals surface area (Å²) in [5.41, 5.74) is 1.76. The summed E-state index contributed by atoms with van der Waals surface area (Å²) in [5.74, 6) is 0.0635. The van der Waals surface area contributed by atoms with E-state index in [2.05, 4.69) is 10.1 Å². The molecule has 0 saturated heterocycles. The molecule has 15 heavy (non-hydrogen) atoms. The van der Waals surface area contributed by atoms with Gasteiger partial charge in [-0.25, -0.2) is 0 Å². The van der Waals surface area contributed by atoms with Gasteiger partial charge in [-0.15, -0.1) is 13.2 Å². The summed E-state index contributed by atoms with van der Waals surface area (Å²) in [6, 6.07) is 4.37. The van der Waals surface area contributed by atoms with Crippen molar-refractivity contribution in [2.45, 2.75) is 19.2 Å². The van der Waals surface area contributed by atoms with Gasteiger partial charge in [0.05, 0.1) is 0 Å². The lowest BCUT2D eigenvalue weighted by Gasteiger charge is -2.10. The lowest BCUT2D eigenvalue weighted by atomic mass is 10.0. The van der Waals surface area contributed by atoms with Gasteiger partial charge < -0.3 is 10.1 Å². The Bertz CT molecular complexity index is 375. The summed E-state index contributed by atoms with van der Waals surface area (Å²) >= 11 is 0. The molecule has 1 aromatic carbocycles. The molecule has 1 atom stereocenters. The molecule has 1 aliphatic rings. The molecule has 1 heterocycles. The Balaban J connectivity index is 2.26. The zero-order chi connectivity index (χ0) is 11.1. The molecule has 1 N–H and O–H groups in total. The highest BCUT2D eigenvalue weighted by Crippen LogP contribution is 2.35. The van der Waals surface area contributed by atoms with Gasteiger partial charge in [0.2, 0.25) is 0 Å². The lowest BCUT2D eigenvalue weighted by molar-refractivity contribution is -0.274. The molecule has 2 nitrogen and oxygen atoms in total. The van der Waals surface area contributed by atoms with Crippen molar-refractivity contribution < 1.29 is 17.9 Å². The maximum atomic E-state index is 12.0. The standard InChI is InChI=1S/C10H10F3NO/c1-6-5-14-9-3-2-7(4-8(6)9)15-10(11,12)13/h2-4,6,14H,5H2,1H3. The number of nitrogens with one attached hydrogen (secondary N) is 1. The maximum absolute atomic E-state index is 12.0. The van der Waals surface area contributed by atoms with E-state index in [0.29, 0.717) is 0 Å². The summed E-state index contributed by atoms with van der Waals surface area (Å²) in [5, 5.41) is 3.10. The van der Waals surface area contributed by atoms with Crippen molar-refractivity contribution in [3.8, 4) is 5.75 Å². The third-order valence-electron chi connectivity index (χ3n) is 2.39. The van der Waals surface area contributed by atoms with Gasteiger partial charge in [0.15, 0.2) is 0 Å². The highest BCUT2D eigenvalue weighted by Gasteiger charge is 2.31. The van der Waals surface area contributed by atoms with Crippen molar-refractivity contribution in [2.24, 2.45) is 0 Å². The van der Waals surface area contributed by atoms with E-state index in [4.69, 9.17) is 0 Å². The minimum Gasteiger partial charge on any atom is -0.406 e. The average molecular weight is 217 g/mol. The molecule has 82 valence electrons. The van der Waals surface area contributed by atoms with E-state index in [9.17, 15) is 13.2 Å². The van der Waals surface area contributed by atoms with Crippen LogP contribution in [0.25, 0.3) is 0 Å². The largest absolute Gasteiger partial charge is 0.573 e. The third-order valence-corrected chi connectivity index (χ3v) is 2.39. The van der Waals surface area contributed by atoms with Crippen LogP contribution in [-0.2, 0) is 0 Å². The van der Waals surface area contributed by atoms with E-state index < -0.39 is 6.36 Å². The Morgan fingerprint density at radius 2 is 2.13 bits per heavy atom. The average Bonchev–Trinajstić information content (AvgIpc) is 2.45. The van der Waals surface area contributed by atoms with Crippen LogP contribution in [0.1, 0.15) is 18.4 Å². The lowest BCUT2D eigenvalue weighted by Crippen LogP contribution is -2.17. The molecule has 2 rings (SSSR count). The summed E-state index contributed by atoms with van der Waals surface area (Å²) in [7, 11) is 0.